The molecule has 18 heavy (non-hydrogen) atoms. The van der Waals surface area contributed by atoms with Crippen molar-refractivity contribution in [1.82, 2.24) is 20.3 Å². The predicted octanol–water partition coefficient (Wildman–Crippen LogP) is 1.41. The van der Waals surface area contributed by atoms with Gasteiger partial charge in [0.15, 0.2) is 0 Å². The average molecular weight is 246 g/mol. The van der Waals surface area contributed by atoms with E-state index in [0.717, 1.165) is 30.1 Å². The van der Waals surface area contributed by atoms with Gasteiger partial charge in [0.2, 0.25) is 0 Å². The van der Waals surface area contributed by atoms with Crippen molar-refractivity contribution >= 4 is 0 Å². The van der Waals surface area contributed by atoms with Crippen LogP contribution in [0.5, 0.6) is 0 Å². The van der Waals surface area contributed by atoms with Crippen LogP contribution in [0.25, 0.3) is 0 Å². The first-order chi connectivity index (χ1) is 8.58. The highest BCUT2D eigenvalue weighted by molar-refractivity contribution is 5.27. The average Bonchev–Trinajstić information content (AvgIpc) is 2.69. The quantitative estimate of drug-likeness (QED) is 0.641. The van der Waals surface area contributed by atoms with E-state index in [2.05, 4.69) is 41.0 Å². The molecule has 8 fully saturated rings. The molecule has 0 radical (unpaired) electrons. The number of fused-ring (bicyclic) bond motifs is 2. The SMILES string of the molecule is CC12C3[C@H]4CCC1N1N5[C@@H]2CC[C@@H]3N5C(C)(C)N41. The molecule has 6 saturated heterocycles. The second kappa shape index (κ2) is 2.30. The predicted molar refractivity (Wildman–Crippen MR) is 66.7 cm³/mol. The van der Waals surface area contributed by atoms with Crippen molar-refractivity contribution in [2.45, 2.75) is 76.3 Å². The minimum absolute atomic E-state index is 0.227. The molecule has 6 aliphatic heterocycles. The molecule has 7 bridgehead atoms. The van der Waals surface area contributed by atoms with E-state index in [1.165, 1.54) is 25.7 Å². The van der Waals surface area contributed by atoms with Crippen molar-refractivity contribution in [3.8, 4) is 0 Å². The van der Waals surface area contributed by atoms with Gasteiger partial charge in [-0.05, 0) is 39.5 Å². The van der Waals surface area contributed by atoms with Crippen LogP contribution in [0.3, 0.4) is 0 Å². The largest absolute Gasteiger partial charge is 0.202 e. The van der Waals surface area contributed by atoms with Crippen LogP contribution in [0.1, 0.15) is 46.5 Å². The van der Waals surface area contributed by atoms with E-state index in [-0.39, 0.29) is 5.66 Å². The minimum Gasteiger partial charge on any atom is -0.202 e. The Labute approximate surface area is 108 Å². The van der Waals surface area contributed by atoms with Gasteiger partial charge in [-0.1, -0.05) is 6.92 Å². The van der Waals surface area contributed by atoms with Crippen LogP contribution >= 0.6 is 0 Å². The summed E-state index contributed by atoms with van der Waals surface area (Å²) in [6.07, 6.45) is 5.74. The molecule has 8 aliphatic rings. The van der Waals surface area contributed by atoms with E-state index >= 15 is 0 Å². The Hall–Kier alpha value is -0.160. The molecule has 8 rings (SSSR count). The lowest BCUT2D eigenvalue weighted by molar-refractivity contribution is -0.279. The molecule has 4 heteroatoms. The first kappa shape index (κ1) is 9.70. The molecule has 0 spiro atoms. The van der Waals surface area contributed by atoms with Gasteiger partial charge in [0.1, 0.15) is 0 Å². The molecule has 6 atom stereocenters. The summed E-state index contributed by atoms with van der Waals surface area (Å²) in [6.45, 7) is 7.50. The lowest BCUT2D eigenvalue weighted by Gasteiger charge is -2.70. The summed E-state index contributed by atoms with van der Waals surface area (Å²) in [5, 5.41) is 10.9. The van der Waals surface area contributed by atoms with E-state index in [4.69, 9.17) is 0 Å². The summed E-state index contributed by atoms with van der Waals surface area (Å²) in [5.41, 5.74) is 0.820. The Morgan fingerprint density at radius 3 is 1.78 bits per heavy atom. The third-order valence-corrected chi connectivity index (χ3v) is 7.41. The maximum atomic E-state index is 2.76. The van der Waals surface area contributed by atoms with E-state index in [1.54, 1.807) is 0 Å². The molecule has 4 nitrogen and oxygen atoms in total. The first-order valence-electron chi connectivity index (χ1n) is 7.75. The zero-order chi connectivity index (χ0) is 12.0. The fourth-order valence-corrected chi connectivity index (χ4v) is 7.17. The molecule has 0 aromatic carbocycles. The van der Waals surface area contributed by atoms with Crippen LogP contribution < -0.4 is 0 Å². The minimum atomic E-state index is 0.227. The molecule has 2 aliphatic carbocycles. The summed E-state index contributed by atoms with van der Waals surface area (Å²) in [5.74, 6) is 0.943. The second-order valence-electron chi connectivity index (χ2n) is 8.04. The fraction of sp³-hybridized carbons (Fsp3) is 1.00. The van der Waals surface area contributed by atoms with Crippen LogP contribution in [0.2, 0.25) is 0 Å². The highest BCUT2D eigenvalue weighted by Gasteiger charge is 2.83. The van der Waals surface area contributed by atoms with Crippen molar-refractivity contribution in [1.29, 1.82) is 0 Å². The highest BCUT2D eigenvalue weighted by Crippen LogP contribution is 2.72. The van der Waals surface area contributed by atoms with Crippen LogP contribution in [-0.4, -0.2) is 50.1 Å². The Morgan fingerprint density at radius 2 is 1.28 bits per heavy atom. The van der Waals surface area contributed by atoms with E-state index in [0.29, 0.717) is 5.41 Å². The lowest BCUT2D eigenvalue weighted by Crippen LogP contribution is -2.81. The van der Waals surface area contributed by atoms with Crippen molar-refractivity contribution in [2.24, 2.45) is 11.3 Å². The standard InChI is InChI=1S/C14H22N4/c1-13(2)15-8-4-6-10-14(3)11-7-5-9(12(8)14)16(13)18(11)17(10)15/h8-12H,4-7H2,1-3H3/t8-,9+,10+,11?,12?,14?/m0/s1. The van der Waals surface area contributed by atoms with E-state index in [1.807, 2.05) is 0 Å². The number of hydrazine groups is 3. The number of hydrogen-bond donors (Lipinski definition) is 0. The Morgan fingerprint density at radius 1 is 0.778 bits per heavy atom. The number of hydrogen-bond acceptors (Lipinski definition) is 4. The smallest absolute Gasteiger partial charge is 0.0981 e. The van der Waals surface area contributed by atoms with E-state index < -0.39 is 0 Å². The third kappa shape index (κ3) is 0.606. The molecule has 3 unspecified atom stereocenters. The van der Waals surface area contributed by atoms with Gasteiger partial charge < -0.3 is 0 Å². The molecule has 0 N–H and O–H groups in total. The van der Waals surface area contributed by atoms with Gasteiger partial charge in [-0.25, -0.2) is 10.0 Å². The topological polar surface area (TPSA) is 13.0 Å². The molecule has 0 aromatic heterocycles. The summed E-state index contributed by atoms with van der Waals surface area (Å²) < 4.78 is 0. The van der Waals surface area contributed by atoms with Crippen LogP contribution in [-0.2, 0) is 0 Å². The van der Waals surface area contributed by atoms with Gasteiger partial charge in [-0.2, -0.15) is 10.2 Å². The van der Waals surface area contributed by atoms with Gasteiger partial charge in [-0.15, -0.1) is 0 Å². The Balaban J connectivity index is 1.71. The van der Waals surface area contributed by atoms with Crippen LogP contribution in [0.4, 0.5) is 0 Å². The van der Waals surface area contributed by atoms with Crippen molar-refractivity contribution in [2.75, 3.05) is 0 Å². The van der Waals surface area contributed by atoms with Crippen molar-refractivity contribution in [3.05, 3.63) is 0 Å². The molecule has 98 valence electrons. The van der Waals surface area contributed by atoms with Crippen LogP contribution in [0, 0.1) is 11.3 Å². The van der Waals surface area contributed by atoms with E-state index in [9.17, 15) is 0 Å². The highest BCUT2D eigenvalue weighted by atomic mass is 16.1. The van der Waals surface area contributed by atoms with Gasteiger partial charge >= 0.3 is 0 Å². The normalized spacial score (nSPS) is 63.8. The summed E-state index contributed by atoms with van der Waals surface area (Å²) >= 11 is 0. The molecule has 2 saturated carbocycles. The van der Waals surface area contributed by atoms with Crippen molar-refractivity contribution in [3.63, 3.8) is 0 Å². The van der Waals surface area contributed by atoms with Gasteiger partial charge in [0, 0.05) is 35.5 Å². The molecule has 0 aromatic rings. The first-order valence-corrected chi connectivity index (χ1v) is 7.75. The summed E-state index contributed by atoms with van der Waals surface area (Å²) in [6, 6.07) is 3.25. The number of rotatable bonds is 0. The molecule has 6 heterocycles. The summed E-state index contributed by atoms with van der Waals surface area (Å²) in [7, 11) is 0. The third-order valence-electron chi connectivity index (χ3n) is 7.41. The van der Waals surface area contributed by atoms with Crippen molar-refractivity contribution < 1.29 is 0 Å². The fourth-order valence-electron chi connectivity index (χ4n) is 7.17. The zero-order valence-electron chi connectivity index (χ0n) is 11.5. The molecular formula is C14H22N4. The van der Waals surface area contributed by atoms with Gasteiger partial charge in [0.05, 0.1) is 5.66 Å². The summed E-state index contributed by atoms with van der Waals surface area (Å²) in [4.78, 5) is 0. The maximum absolute atomic E-state index is 2.76. The monoisotopic (exact) mass is 246 g/mol. The zero-order valence-corrected chi connectivity index (χ0v) is 11.5. The Kier molecular flexibility index (Phi) is 1.24. The number of nitrogens with zero attached hydrogens (tertiary/aromatic N) is 4. The Bertz CT molecular complexity index is 438. The lowest BCUT2D eigenvalue weighted by atomic mass is 9.50. The van der Waals surface area contributed by atoms with Gasteiger partial charge in [0.25, 0.3) is 0 Å². The molecular weight excluding hydrogens is 224 g/mol. The van der Waals surface area contributed by atoms with Crippen LogP contribution in [0.15, 0.2) is 0 Å². The molecule has 0 amide bonds. The maximum Gasteiger partial charge on any atom is 0.0981 e. The van der Waals surface area contributed by atoms with Gasteiger partial charge in [-0.3, -0.25) is 0 Å². The second-order valence-corrected chi connectivity index (χ2v) is 8.04.